The Morgan fingerprint density at radius 1 is 1.00 bits per heavy atom. The molecule has 0 atom stereocenters. The molecule has 3 aromatic rings. The molecule has 0 saturated carbocycles. The highest BCUT2D eigenvalue weighted by atomic mass is 127. The molecule has 0 spiro atoms. The molecule has 0 aliphatic rings. The van der Waals surface area contributed by atoms with Gasteiger partial charge in [0.15, 0.2) is 5.69 Å². The van der Waals surface area contributed by atoms with Crippen LogP contribution < -0.4 is 5.73 Å². The lowest BCUT2D eigenvalue weighted by Gasteiger charge is -2.08. The number of benzene rings is 2. The van der Waals surface area contributed by atoms with Crippen molar-refractivity contribution in [2.45, 2.75) is 12.6 Å². The summed E-state index contributed by atoms with van der Waals surface area (Å²) >= 11 is 2.15. The first-order chi connectivity index (χ1) is 11.9. The molecule has 3 rings (SSSR count). The standard InChI is InChI=1S/C18H15F3IN3/c19-18(20,21)17-11-16(13-3-1-12(2-4-13)9-10-23)25(24-17)15-7-5-14(22)6-8-15/h1-8,11H,9-10,23H2. The van der Waals surface area contributed by atoms with Crippen LogP contribution >= 0.6 is 22.6 Å². The Morgan fingerprint density at radius 3 is 2.20 bits per heavy atom. The van der Waals surface area contributed by atoms with E-state index in [1.165, 1.54) is 4.68 Å². The summed E-state index contributed by atoms with van der Waals surface area (Å²) in [4.78, 5) is 0. The summed E-state index contributed by atoms with van der Waals surface area (Å²) in [7, 11) is 0. The second-order valence-corrected chi connectivity index (χ2v) is 6.78. The van der Waals surface area contributed by atoms with Crippen LogP contribution in [-0.4, -0.2) is 16.3 Å². The summed E-state index contributed by atoms with van der Waals surface area (Å²) in [5, 5.41) is 3.79. The van der Waals surface area contributed by atoms with Crippen LogP contribution in [-0.2, 0) is 12.6 Å². The van der Waals surface area contributed by atoms with Crippen molar-refractivity contribution in [1.29, 1.82) is 0 Å². The monoisotopic (exact) mass is 457 g/mol. The molecule has 25 heavy (non-hydrogen) atoms. The van der Waals surface area contributed by atoms with Crippen molar-refractivity contribution in [3.63, 3.8) is 0 Å². The predicted molar refractivity (Wildman–Crippen MR) is 99.5 cm³/mol. The van der Waals surface area contributed by atoms with Crippen LogP contribution in [0.15, 0.2) is 54.6 Å². The van der Waals surface area contributed by atoms with Gasteiger partial charge >= 0.3 is 6.18 Å². The number of aromatic nitrogens is 2. The van der Waals surface area contributed by atoms with Crippen molar-refractivity contribution in [2.75, 3.05) is 6.54 Å². The number of nitrogens with two attached hydrogens (primary N) is 1. The number of halogens is 4. The van der Waals surface area contributed by atoms with E-state index < -0.39 is 11.9 Å². The third-order valence-corrected chi connectivity index (χ3v) is 4.47. The van der Waals surface area contributed by atoms with Gasteiger partial charge in [0.05, 0.1) is 11.4 Å². The van der Waals surface area contributed by atoms with E-state index in [1.54, 1.807) is 24.3 Å². The molecule has 0 aliphatic carbocycles. The molecular formula is C18H15F3IN3. The molecule has 1 aromatic heterocycles. The summed E-state index contributed by atoms with van der Waals surface area (Å²) in [6.45, 7) is 0.526. The third-order valence-electron chi connectivity index (χ3n) is 3.75. The third kappa shape index (κ3) is 4.04. The maximum absolute atomic E-state index is 13.2. The molecule has 0 fully saturated rings. The second kappa shape index (κ2) is 7.17. The minimum absolute atomic E-state index is 0.396. The van der Waals surface area contributed by atoms with Crippen molar-refractivity contribution in [2.24, 2.45) is 5.73 Å². The van der Waals surface area contributed by atoms with Crippen molar-refractivity contribution in [3.05, 3.63) is 69.4 Å². The van der Waals surface area contributed by atoms with Crippen molar-refractivity contribution in [3.8, 4) is 16.9 Å². The highest BCUT2D eigenvalue weighted by Gasteiger charge is 2.35. The van der Waals surface area contributed by atoms with Crippen LogP contribution in [0.3, 0.4) is 0 Å². The summed E-state index contributed by atoms with van der Waals surface area (Å²) in [5.41, 5.74) is 7.31. The number of alkyl halides is 3. The van der Waals surface area contributed by atoms with Gasteiger partial charge in [0.25, 0.3) is 0 Å². The Kier molecular flexibility index (Phi) is 5.14. The number of hydrogen-bond donors (Lipinski definition) is 1. The van der Waals surface area contributed by atoms with Gasteiger partial charge in [-0.15, -0.1) is 0 Å². The Morgan fingerprint density at radius 2 is 1.64 bits per heavy atom. The van der Waals surface area contributed by atoms with Crippen molar-refractivity contribution < 1.29 is 13.2 Å². The molecule has 1 heterocycles. The highest BCUT2D eigenvalue weighted by molar-refractivity contribution is 14.1. The molecule has 0 saturated heterocycles. The molecule has 2 aromatic carbocycles. The lowest BCUT2D eigenvalue weighted by atomic mass is 10.1. The van der Waals surface area contributed by atoms with E-state index in [9.17, 15) is 13.2 Å². The Balaban J connectivity index is 2.10. The van der Waals surface area contributed by atoms with Crippen LogP contribution in [0.25, 0.3) is 16.9 Å². The first kappa shape index (κ1) is 17.9. The smallest absolute Gasteiger partial charge is 0.330 e. The molecule has 2 N–H and O–H groups in total. The molecule has 0 amide bonds. The van der Waals surface area contributed by atoms with E-state index in [0.717, 1.165) is 21.6 Å². The predicted octanol–water partition coefficient (Wildman–Crippen LogP) is 4.66. The molecule has 0 radical (unpaired) electrons. The van der Waals surface area contributed by atoms with Gasteiger partial charge in [0.1, 0.15) is 0 Å². The van der Waals surface area contributed by atoms with E-state index in [4.69, 9.17) is 5.73 Å². The molecule has 0 bridgehead atoms. The Bertz CT molecular complexity index is 853. The quantitative estimate of drug-likeness (QED) is 0.580. The number of rotatable bonds is 4. The first-order valence-corrected chi connectivity index (χ1v) is 8.69. The van der Waals surface area contributed by atoms with E-state index in [-0.39, 0.29) is 0 Å². The van der Waals surface area contributed by atoms with E-state index in [0.29, 0.717) is 23.5 Å². The van der Waals surface area contributed by atoms with Gasteiger partial charge in [-0.3, -0.25) is 0 Å². The molecule has 0 aliphatic heterocycles. The van der Waals surface area contributed by atoms with Gasteiger partial charge in [-0.1, -0.05) is 24.3 Å². The number of nitrogens with zero attached hydrogens (tertiary/aromatic N) is 2. The van der Waals surface area contributed by atoms with Crippen LogP contribution in [0.1, 0.15) is 11.3 Å². The Hall–Kier alpha value is -1.87. The van der Waals surface area contributed by atoms with Gasteiger partial charge in [-0.2, -0.15) is 18.3 Å². The Labute approximate surface area is 156 Å². The highest BCUT2D eigenvalue weighted by Crippen LogP contribution is 2.33. The zero-order valence-corrected chi connectivity index (χ0v) is 15.3. The van der Waals surface area contributed by atoms with Gasteiger partial charge in [0.2, 0.25) is 0 Å². The SMILES string of the molecule is NCCc1ccc(-c2cc(C(F)(F)F)nn2-c2ccc(I)cc2)cc1. The van der Waals surface area contributed by atoms with Gasteiger partial charge in [-0.25, -0.2) is 4.68 Å². The van der Waals surface area contributed by atoms with Crippen LogP contribution in [0.4, 0.5) is 13.2 Å². The molecule has 0 unspecified atom stereocenters. The maximum Gasteiger partial charge on any atom is 0.435 e. The lowest BCUT2D eigenvalue weighted by molar-refractivity contribution is -0.141. The fraction of sp³-hybridized carbons (Fsp3) is 0.167. The zero-order chi connectivity index (χ0) is 18.0. The van der Waals surface area contributed by atoms with E-state index in [2.05, 4.69) is 27.7 Å². The average molecular weight is 457 g/mol. The summed E-state index contributed by atoms with van der Waals surface area (Å²) in [6, 6.07) is 15.6. The van der Waals surface area contributed by atoms with Gasteiger partial charge in [0, 0.05) is 9.13 Å². The first-order valence-electron chi connectivity index (χ1n) is 7.61. The normalized spacial score (nSPS) is 11.7. The topological polar surface area (TPSA) is 43.8 Å². The zero-order valence-electron chi connectivity index (χ0n) is 13.1. The van der Waals surface area contributed by atoms with Crippen molar-refractivity contribution in [1.82, 2.24) is 9.78 Å². The summed E-state index contributed by atoms with van der Waals surface area (Å²) in [6.07, 6.45) is -3.77. The molecule has 3 nitrogen and oxygen atoms in total. The fourth-order valence-corrected chi connectivity index (χ4v) is 2.87. The minimum atomic E-state index is -4.50. The summed E-state index contributed by atoms with van der Waals surface area (Å²) < 4.78 is 41.8. The average Bonchev–Trinajstić information content (AvgIpc) is 3.02. The molecule has 130 valence electrons. The summed E-state index contributed by atoms with van der Waals surface area (Å²) in [5.74, 6) is 0. The van der Waals surface area contributed by atoms with Crippen LogP contribution in [0.2, 0.25) is 0 Å². The largest absolute Gasteiger partial charge is 0.435 e. The molecule has 7 heteroatoms. The molecular weight excluding hydrogens is 442 g/mol. The second-order valence-electron chi connectivity index (χ2n) is 5.54. The van der Waals surface area contributed by atoms with Gasteiger partial charge in [-0.05, 0) is 71.5 Å². The maximum atomic E-state index is 13.2. The fourth-order valence-electron chi connectivity index (χ4n) is 2.51. The lowest BCUT2D eigenvalue weighted by Crippen LogP contribution is -2.07. The van der Waals surface area contributed by atoms with Gasteiger partial charge < -0.3 is 5.73 Å². The van der Waals surface area contributed by atoms with Crippen LogP contribution in [0.5, 0.6) is 0 Å². The number of hydrogen-bond acceptors (Lipinski definition) is 2. The van der Waals surface area contributed by atoms with E-state index in [1.807, 2.05) is 24.3 Å². The minimum Gasteiger partial charge on any atom is -0.330 e. The van der Waals surface area contributed by atoms with Crippen LogP contribution in [0, 0.1) is 3.57 Å². The van der Waals surface area contributed by atoms with Crippen molar-refractivity contribution >= 4 is 22.6 Å². The van der Waals surface area contributed by atoms with E-state index >= 15 is 0 Å².